The van der Waals surface area contributed by atoms with Gasteiger partial charge in [0.05, 0.1) is 6.42 Å². The van der Waals surface area contributed by atoms with Gasteiger partial charge in [-0.2, -0.15) is 0 Å². The van der Waals surface area contributed by atoms with Gasteiger partial charge in [0.15, 0.2) is 0 Å². The number of carboxylic acids is 1. The third kappa shape index (κ3) is 4.98. The van der Waals surface area contributed by atoms with Crippen molar-refractivity contribution in [2.75, 3.05) is 18.4 Å². The van der Waals surface area contributed by atoms with Crippen molar-refractivity contribution in [2.24, 2.45) is 5.73 Å². The van der Waals surface area contributed by atoms with Gasteiger partial charge in [-0.1, -0.05) is 12.1 Å². The van der Waals surface area contributed by atoms with Crippen LogP contribution in [0.4, 0.5) is 10.5 Å². The summed E-state index contributed by atoms with van der Waals surface area (Å²) in [6.45, 7) is 0.757. The number of nitrogens with one attached hydrogen (secondary N) is 2. The third-order valence-corrected chi connectivity index (χ3v) is 1.97. The maximum Gasteiger partial charge on any atom is 0.319 e. The van der Waals surface area contributed by atoms with E-state index in [9.17, 15) is 9.59 Å². The largest absolute Gasteiger partial charge is 0.481 e. The lowest BCUT2D eigenvalue weighted by Gasteiger charge is -2.07. The molecule has 6 nitrogen and oxygen atoms in total. The first-order valence-electron chi connectivity index (χ1n) is 5.17. The lowest BCUT2D eigenvalue weighted by molar-refractivity contribution is -0.136. The Kier molecular flexibility index (Phi) is 4.96. The van der Waals surface area contributed by atoms with Gasteiger partial charge in [-0.25, -0.2) is 4.79 Å². The van der Waals surface area contributed by atoms with Gasteiger partial charge >= 0.3 is 12.0 Å². The van der Waals surface area contributed by atoms with Gasteiger partial charge in [-0.15, -0.1) is 0 Å². The van der Waals surface area contributed by atoms with E-state index in [0.717, 1.165) is 0 Å². The minimum absolute atomic E-state index is 0.0695. The van der Waals surface area contributed by atoms with Crippen molar-refractivity contribution >= 4 is 17.7 Å². The van der Waals surface area contributed by atoms with Gasteiger partial charge in [-0.05, 0) is 17.7 Å². The molecule has 2 amide bonds. The second-order valence-corrected chi connectivity index (χ2v) is 3.44. The van der Waals surface area contributed by atoms with E-state index in [4.69, 9.17) is 10.8 Å². The van der Waals surface area contributed by atoms with Crippen LogP contribution in [0, 0.1) is 0 Å². The van der Waals surface area contributed by atoms with Crippen molar-refractivity contribution in [3.63, 3.8) is 0 Å². The lowest BCUT2D eigenvalue weighted by atomic mass is 10.1. The quantitative estimate of drug-likeness (QED) is 0.594. The molecule has 0 fully saturated rings. The van der Waals surface area contributed by atoms with Crippen LogP contribution >= 0.6 is 0 Å². The summed E-state index contributed by atoms with van der Waals surface area (Å²) in [5, 5.41) is 13.8. The standard InChI is InChI=1S/C11H15N3O3/c12-4-5-13-11(17)14-9-3-1-2-8(6-9)7-10(15)16/h1-3,6H,4-5,7,12H2,(H,15,16)(H2,13,14,17). The first-order chi connectivity index (χ1) is 8.11. The fourth-order valence-corrected chi connectivity index (χ4v) is 1.29. The predicted molar refractivity (Wildman–Crippen MR) is 63.9 cm³/mol. The molecule has 1 rings (SSSR count). The minimum Gasteiger partial charge on any atom is -0.481 e. The van der Waals surface area contributed by atoms with E-state index in [1.54, 1.807) is 24.3 Å². The van der Waals surface area contributed by atoms with Crippen molar-refractivity contribution in [1.29, 1.82) is 0 Å². The zero-order valence-corrected chi connectivity index (χ0v) is 9.27. The van der Waals surface area contributed by atoms with Gasteiger partial charge < -0.3 is 21.5 Å². The Morgan fingerprint density at radius 3 is 2.76 bits per heavy atom. The molecule has 5 N–H and O–H groups in total. The van der Waals surface area contributed by atoms with Crippen LogP contribution in [0.2, 0.25) is 0 Å². The predicted octanol–water partition coefficient (Wildman–Crippen LogP) is 0.394. The Morgan fingerprint density at radius 1 is 1.35 bits per heavy atom. The van der Waals surface area contributed by atoms with Crippen LogP contribution in [0.1, 0.15) is 5.56 Å². The molecule has 0 unspecified atom stereocenters. The van der Waals surface area contributed by atoms with Crippen LogP contribution in [0.25, 0.3) is 0 Å². The van der Waals surface area contributed by atoms with Crippen LogP contribution in [-0.2, 0) is 11.2 Å². The number of rotatable bonds is 5. The molecule has 0 spiro atoms. The average Bonchev–Trinajstić information content (AvgIpc) is 2.26. The average molecular weight is 237 g/mol. The molecule has 0 atom stereocenters. The van der Waals surface area contributed by atoms with Gasteiger partial charge in [0, 0.05) is 18.8 Å². The first-order valence-corrected chi connectivity index (χ1v) is 5.17. The smallest absolute Gasteiger partial charge is 0.319 e. The van der Waals surface area contributed by atoms with Crippen molar-refractivity contribution in [2.45, 2.75) is 6.42 Å². The van der Waals surface area contributed by atoms with Gasteiger partial charge in [0.25, 0.3) is 0 Å². The van der Waals surface area contributed by atoms with Crippen molar-refractivity contribution < 1.29 is 14.7 Å². The summed E-state index contributed by atoms with van der Waals surface area (Å²) >= 11 is 0. The molecule has 0 saturated carbocycles. The highest BCUT2D eigenvalue weighted by Crippen LogP contribution is 2.10. The number of amides is 2. The number of carbonyl (C=O) groups excluding carboxylic acids is 1. The molecule has 0 radical (unpaired) electrons. The molecule has 0 aromatic heterocycles. The second-order valence-electron chi connectivity index (χ2n) is 3.44. The number of carboxylic acid groups (broad SMARTS) is 1. The summed E-state index contributed by atoms with van der Waals surface area (Å²) in [5.41, 5.74) is 6.43. The van der Waals surface area contributed by atoms with Gasteiger partial charge in [0.2, 0.25) is 0 Å². The number of urea groups is 1. The zero-order valence-electron chi connectivity index (χ0n) is 9.27. The Bertz CT molecular complexity index is 407. The fourth-order valence-electron chi connectivity index (χ4n) is 1.29. The molecule has 0 aliphatic heterocycles. The Morgan fingerprint density at radius 2 is 2.12 bits per heavy atom. The normalized spacial score (nSPS) is 9.71. The van der Waals surface area contributed by atoms with Crippen LogP contribution in [0.15, 0.2) is 24.3 Å². The molecule has 0 bridgehead atoms. The summed E-state index contributed by atoms with van der Waals surface area (Å²) < 4.78 is 0. The monoisotopic (exact) mass is 237 g/mol. The molecule has 1 aromatic carbocycles. The van der Waals surface area contributed by atoms with Crippen molar-refractivity contribution in [1.82, 2.24) is 5.32 Å². The minimum atomic E-state index is -0.908. The number of hydrogen-bond acceptors (Lipinski definition) is 3. The topological polar surface area (TPSA) is 104 Å². The van der Waals surface area contributed by atoms with Crippen molar-refractivity contribution in [3.05, 3.63) is 29.8 Å². The zero-order chi connectivity index (χ0) is 12.7. The molecule has 0 aliphatic carbocycles. The van der Waals surface area contributed by atoms with Crippen molar-refractivity contribution in [3.8, 4) is 0 Å². The third-order valence-electron chi connectivity index (χ3n) is 1.97. The van der Waals surface area contributed by atoms with E-state index in [0.29, 0.717) is 24.3 Å². The molecule has 0 heterocycles. The highest BCUT2D eigenvalue weighted by atomic mass is 16.4. The van der Waals surface area contributed by atoms with Crippen LogP contribution < -0.4 is 16.4 Å². The van der Waals surface area contributed by atoms with Gasteiger partial charge in [-0.3, -0.25) is 4.79 Å². The highest BCUT2D eigenvalue weighted by molar-refractivity contribution is 5.89. The summed E-state index contributed by atoms with van der Waals surface area (Å²) in [6, 6.07) is 6.33. The van der Waals surface area contributed by atoms with E-state index in [1.807, 2.05) is 0 Å². The number of nitrogens with two attached hydrogens (primary N) is 1. The summed E-state index contributed by atoms with van der Waals surface area (Å²) in [5.74, 6) is -0.908. The Labute approximate surface area is 98.8 Å². The number of hydrogen-bond donors (Lipinski definition) is 4. The molecule has 92 valence electrons. The van der Waals surface area contributed by atoms with Crippen LogP contribution in [0.3, 0.4) is 0 Å². The second kappa shape index (κ2) is 6.49. The molecular formula is C11H15N3O3. The number of benzene rings is 1. The molecule has 1 aromatic rings. The van der Waals surface area contributed by atoms with Crippen LogP contribution in [0.5, 0.6) is 0 Å². The molecule has 17 heavy (non-hydrogen) atoms. The summed E-state index contributed by atoms with van der Waals surface area (Å²) in [4.78, 5) is 21.8. The summed E-state index contributed by atoms with van der Waals surface area (Å²) in [6.07, 6.45) is -0.0695. The van der Waals surface area contributed by atoms with Crippen LogP contribution in [-0.4, -0.2) is 30.2 Å². The highest BCUT2D eigenvalue weighted by Gasteiger charge is 2.03. The maximum absolute atomic E-state index is 11.3. The van der Waals surface area contributed by atoms with E-state index in [-0.39, 0.29) is 12.5 Å². The number of carbonyl (C=O) groups is 2. The Balaban J connectivity index is 2.59. The number of aliphatic carboxylic acids is 1. The fraction of sp³-hybridized carbons (Fsp3) is 0.273. The molecule has 0 saturated heterocycles. The van der Waals surface area contributed by atoms with E-state index >= 15 is 0 Å². The SMILES string of the molecule is NCCNC(=O)Nc1cccc(CC(=O)O)c1. The number of anilines is 1. The van der Waals surface area contributed by atoms with Gasteiger partial charge in [0.1, 0.15) is 0 Å². The molecule has 0 aliphatic rings. The Hall–Kier alpha value is -2.08. The first kappa shape index (κ1) is 13.0. The molecular weight excluding hydrogens is 222 g/mol. The summed E-state index contributed by atoms with van der Waals surface area (Å²) in [7, 11) is 0. The lowest BCUT2D eigenvalue weighted by Crippen LogP contribution is -2.32. The van der Waals surface area contributed by atoms with E-state index in [1.165, 1.54) is 0 Å². The maximum atomic E-state index is 11.3. The van der Waals surface area contributed by atoms with E-state index < -0.39 is 5.97 Å². The van der Waals surface area contributed by atoms with E-state index in [2.05, 4.69) is 10.6 Å². The molecule has 6 heteroatoms.